The molecule has 0 saturated heterocycles. The summed E-state index contributed by atoms with van der Waals surface area (Å²) in [5.74, 6) is -1.38. The number of methoxy groups -OCH3 is 2. The van der Waals surface area contributed by atoms with Crippen molar-refractivity contribution in [3.8, 4) is 0 Å². The Bertz CT molecular complexity index is 267. The first-order valence-corrected chi connectivity index (χ1v) is 6.24. The molecule has 0 rings (SSSR count). The molecule has 0 radical (unpaired) electrons. The van der Waals surface area contributed by atoms with Crippen molar-refractivity contribution in [1.29, 1.82) is 0 Å². The summed E-state index contributed by atoms with van der Waals surface area (Å²) in [6, 6.07) is 0. The largest absolute Gasteiger partial charge is 0.379 e. The van der Waals surface area contributed by atoms with E-state index in [0.29, 0.717) is 19.6 Å². The van der Waals surface area contributed by atoms with Crippen LogP contribution >= 0.6 is 0 Å². The fourth-order valence-corrected chi connectivity index (χ4v) is 1.19. The van der Waals surface area contributed by atoms with Gasteiger partial charge in [0.05, 0.1) is 12.6 Å². The lowest BCUT2D eigenvalue weighted by atomic mass is 10.4. The van der Waals surface area contributed by atoms with E-state index in [9.17, 15) is 9.59 Å². The number of ether oxygens (including phenoxy) is 3. The molecular formula is C12H24N2O5. The van der Waals surface area contributed by atoms with Gasteiger partial charge in [-0.05, 0) is 20.3 Å². The molecule has 0 fully saturated rings. The van der Waals surface area contributed by atoms with Crippen molar-refractivity contribution in [3.63, 3.8) is 0 Å². The summed E-state index contributed by atoms with van der Waals surface area (Å²) in [6.07, 6.45) is 0.269. The molecule has 0 aliphatic carbocycles. The van der Waals surface area contributed by atoms with Gasteiger partial charge < -0.3 is 24.8 Å². The van der Waals surface area contributed by atoms with Gasteiger partial charge in [0.25, 0.3) is 0 Å². The summed E-state index contributed by atoms with van der Waals surface area (Å²) < 4.78 is 15.1. The quantitative estimate of drug-likeness (QED) is 0.342. The average Bonchev–Trinajstić information content (AvgIpc) is 2.38. The van der Waals surface area contributed by atoms with Crippen LogP contribution in [0.15, 0.2) is 0 Å². The van der Waals surface area contributed by atoms with E-state index >= 15 is 0 Å². The van der Waals surface area contributed by atoms with Gasteiger partial charge in [-0.1, -0.05) is 0 Å². The van der Waals surface area contributed by atoms with E-state index in [1.54, 1.807) is 0 Å². The Morgan fingerprint density at radius 1 is 1.05 bits per heavy atom. The Morgan fingerprint density at radius 3 is 2.16 bits per heavy atom. The zero-order chi connectivity index (χ0) is 14.7. The third-order valence-corrected chi connectivity index (χ3v) is 2.22. The van der Waals surface area contributed by atoms with Crippen molar-refractivity contribution in [2.75, 3.05) is 33.9 Å². The number of carbonyl (C=O) groups is 2. The van der Waals surface area contributed by atoms with Crippen LogP contribution in [0.25, 0.3) is 0 Å². The molecule has 0 aliphatic heterocycles. The van der Waals surface area contributed by atoms with Gasteiger partial charge in [0.15, 0.2) is 6.29 Å². The number of hydrogen-bond acceptors (Lipinski definition) is 5. The molecule has 0 aromatic rings. The molecule has 0 unspecified atom stereocenters. The standard InChI is InChI=1S/C12H24N2O5/c1-9(2)19-7-5-6-13-11(15)12(16)14-8-10(17-3)18-4/h9-10H,5-8H2,1-4H3,(H,13,15)(H,14,16). The molecule has 19 heavy (non-hydrogen) atoms. The Hall–Kier alpha value is -1.18. The number of carbonyl (C=O) groups excluding carboxylic acids is 2. The summed E-state index contributed by atoms with van der Waals surface area (Å²) in [7, 11) is 2.91. The van der Waals surface area contributed by atoms with Crippen molar-refractivity contribution < 1.29 is 23.8 Å². The number of rotatable bonds is 9. The maximum Gasteiger partial charge on any atom is 0.309 e. The van der Waals surface area contributed by atoms with Crippen LogP contribution in [0.2, 0.25) is 0 Å². The second-order valence-corrected chi connectivity index (χ2v) is 4.14. The highest BCUT2D eigenvalue weighted by Crippen LogP contribution is 1.89. The Kier molecular flexibility index (Phi) is 10.1. The highest BCUT2D eigenvalue weighted by molar-refractivity contribution is 6.35. The van der Waals surface area contributed by atoms with E-state index in [-0.39, 0.29) is 12.6 Å². The highest BCUT2D eigenvalue weighted by Gasteiger charge is 2.14. The van der Waals surface area contributed by atoms with Gasteiger partial charge in [-0.2, -0.15) is 0 Å². The van der Waals surface area contributed by atoms with E-state index in [1.807, 2.05) is 13.8 Å². The van der Waals surface area contributed by atoms with Crippen LogP contribution in [-0.4, -0.2) is 58.1 Å². The van der Waals surface area contributed by atoms with Crippen molar-refractivity contribution in [2.45, 2.75) is 32.7 Å². The second-order valence-electron chi connectivity index (χ2n) is 4.14. The van der Waals surface area contributed by atoms with Crippen LogP contribution in [0.3, 0.4) is 0 Å². The fourth-order valence-electron chi connectivity index (χ4n) is 1.19. The summed E-state index contributed by atoms with van der Waals surface area (Å²) >= 11 is 0. The molecule has 0 aromatic heterocycles. The van der Waals surface area contributed by atoms with Crippen LogP contribution in [-0.2, 0) is 23.8 Å². The molecule has 7 heteroatoms. The minimum Gasteiger partial charge on any atom is -0.379 e. The molecule has 112 valence electrons. The predicted octanol–water partition coefficient (Wildman–Crippen LogP) is -0.347. The van der Waals surface area contributed by atoms with E-state index in [0.717, 1.165) is 0 Å². The van der Waals surface area contributed by atoms with E-state index in [1.165, 1.54) is 14.2 Å². The Labute approximate surface area is 114 Å². The smallest absolute Gasteiger partial charge is 0.309 e. The van der Waals surface area contributed by atoms with E-state index in [2.05, 4.69) is 10.6 Å². The molecule has 0 spiro atoms. The molecule has 0 aliphatic rings. The normalized spacial score (nSPS) is 10.8. The van der Waals surface area contributed by atoms with Crippen molar-refractivity contribution in [2.24, 2.45) is 0 Å². The molecular weight excluding hydrogens is 252 g/mol. The second kappa shape index (κ2) is 10.7. The molecule has 2 N–H and O–H groups in total. The molecule has 2 amide bonds. The molecule has 0 saturated carbocycles. The maximum absolute atomic E-state index is 11.4. The van der Waals surface area contributed by atoms with Crippen LogP contribution < -0.4 is 10.6 Å². The maximum atomic E-state index is 11.4. The van der Waals surface area contributed by atoms with Gasteiger partial charge in [0.2, 0.25) is 0 Å². The Morgan fingerprint density at radius 2 is 1.63 bits per heavy atom. The molecule has 0 aromatic carbocycles. The lowest BCUT2D eigenvalue weighted by Gasteiger charge is -2.13. The summed E-state index contributed by atoms with van der Waals surface area (Å²) in [4.78, 5) is 22.8. The third kappa shape index (κ3) is 9.40. The average molecular weight is 276 g/mol. The topological polar surface area (TPSA) is 85.9 Å². The van der Waals surface area contributed by atoms with Crippen molar-refractivity contribution in [1.82, 2.24) is 10.6 Å². The lowest BCUT2D eigenvalue weighted by molar-refractivity contribution is -0.141. The van der Waals surface area contributed by atoms with Gasteiger partial charge in [-0.15, -0.1) is 0 Å². The minimum atomic E-state index is -0.705. The van der Waals surface area contributed by atoms with Crippen molar-refractivity contribution in [3.05, 3.63) is 0 Å². The SMILES string of the molecule is COC(CNC(=O)C(=O)NCCCOC(C)C)OC. The predicted molar refractivity (Wildman–Crippen MR) is 69.5 cm³/mol. The lowest BCUT2D eigenvalue weighted by Crippen LogP contribution is -2.43. The number of hydrogen-bond donors (Lipinski definition) is 2. The summed E-state index contributed by atoms with van der Waals surface area (Å²) in [5, 5.41) is 4.91. The van der Waals surface area contributed by atoms with Crippen molar-refractivity contribution >= 4 is 11.8 Å². The fraction of sp³-hybridized carbons (Fsp3) is 0.833. The molecule has 0 atom stereocenters. The van der Waals surface area contributed by atoms with Crippen LogP contribution in [0.1, 0.15) is 20.3 Å². The van der Waals surface area contributed by atoms with E-state index < -0.39 is 18.1 Å². The molecule has 0 bridgehead atoms. The highest BCUT2D eigenvalue weighted by atomic mass is 16.7. The first-order chi connectivity index (χ1) is 9.01. The zero-order valence-corrected chi connectivity index (χ0v) is 12.0. The van der Waals surface area contributed by atoms with E-state index in [4.69, 9.17) is 14.2 Å². The molecule has 7 nitrogen and oxygen atoms in total. The number of amides is 2. The summed E-state index contributed by atoms with van der Waals surface area (Å²) in [5.41, 5.74) is 0. The van der Waals surface area contributed by atoms with Crippen LogP contribution in [0.4, 0.5) is 0 Å². The first kappa shape index (κ1) is 17.8. The monoisotopic (exact) mass is 276 g/mol. The number of nitrogens with one attached hydrogen (secondary N) is 2. The van der Waals surface area contributed by atoms with Gasteiger partial charge in [0, 0.05) is 27.4 Å². The van der Waals surface area contributed by atoms with Gasteiger partial charge in [0.1, 0.15) is 0 Å². The van der Waals surface area contributed by atoms with Gasteiger partial charge in [-0.25, -0.2) is 0 Å². The van der Waals surface area contributed by atoms with Crippen LogP contribution in [0.5, 0.6) is 0 Å². The Balaban J connectivity index is 3.67. The van der Waals surface area contributed by atoms with Gasteiger partial charge >= 0.3 is 11.8 Å². The first-order valence-electron chi connectivity index (χ1n) is 6.24. The van der Waals surface area contributed by atoms with Crippen LogP contribution in [0, 0.1) is 0 Å². The van der Waals surface area contributed by atoms with Gasteiger partial charge in [-0.3, -0.25) is 9.59 Å². The minimum absolute atomic E-state index is 0.121. The third-order valence-electron chi connectivity index (χ3n) is 2.22. The zero-order valence-electron chi connectivity index (χ0n) is 12.0. The molecule has 0 heterocycles. The summed E-state index contributed by atoms with van der Waals surface area (Å²) in [6.45, 7) is 4.95.